The second-order valence-electron chi connectivity index (χ2n) is 4.67. The summed E-state index contributed by atoms with van der Waals surface area (Å²) in [4.78, 5) is 18.8. The second kappa shape index (κ2) is 5.64. The Labute approximate surface area is 128 Å². The van der Waals surface area contributed by atoms with Crippen molar-refractivity contribution in [2.45, 2.75) is 6.36 Å². The number of fused-ring (bicyclic) bond motifs is 1. The van der Waals surface area contributed by atoms with Crippen LogP contribution in [0.15, 0.2) is 48.8 Å². The number of aromatic amines is 1. The molecule has 2 heterocycles. The summed E-state index contributed by atoms with van der Waals surface area (Å²) in [6.07, 6.45) is -1.70. The fraction of sp³-hybridized carbons (Fsp3) is 0.0667. The molecule has 1 aromatic carbocycles. The Hall–Kier alpha value is -3.03. The van der Waals surface area contributed by atoms with Crippen LogP contribution in [0.1, 0.15) is 10.5 Å². The van der Waals surface area contributed by atoms with E-state index in [2.05, 4.69) is 20.0 Å². The third kappa shape index (κ3) is 3.60. The van der Waals surface area contributed by atoms with Crippen LogP contribution in [-0.4, -0.2) is 22.2 Å². The van der Waals surface area contributed by atoms with Gasteiger partial charge < -0.3 is 15.0 Å². The van der Waals surface area contributed by atoms with Gasteiger partial charge in [-0.3, -0.25) is 9.78 Å². The van der Waals surface area contributed by atoms with Crippen LogP contribution in [0, 0.1) is 0 Å². The summed E-state index contributed by atoms with van der Waals surface area (Å²) in [7, 11) is 0. The standard InChI is InChI=1S/C15H10F3N3O2/c16-15(17,18)23-11-1-2-12-9(7-11)8-13(21-12)14(22)20-10-3-5-19-6-4-10/h1-8,21H,(H,19,20,22). The maximum Gasteiger partial charge on any atom is 0.573 e. The van der Waals surface area contributed by atoms with Gasteiger partial charge in [-0.25, -0.2) is 0 Å². The van der Waals surface area contributed by atoms with E-state index in [0.29, 0.717) is 16.6 Å². The minimum Gasteiger partial charge on any atom is -0.406 e. The number of aromatic nitrogens is 2. The maximum absolute atomic E-state index is 12.2. The van der Waals surface area contributed by atoms with Gasteiger partial charge in [-0.15, -0.1) is 13.2 Å². The number of pyridine rings is 1. The SMILES string of the molecule is O=C(Nc1ccncc1)c1cc2cc(OC(F)(F)F)ccc2[nH]1. The highest BCUT2D eigenvalue weighted by Gasteiger charge is 2.31. The van der Waals surface area contributed by atoms with Gasteiger partial charge in [0.05, 0.1) is 0 Å². The van der Waals surface area contributed by atoms with E-state index in [1.165, 1.54) is 36.7 Å². The third-order valence-electron chi connectivity index (χ3n) is 3.01. The molecule has 0 saturated carbocycles. The minimum absolute atomic E-state index is 0.223. The molecule has 2 aromatic heterocycles. The van der Waals surface area contributed by atoms with Crippen molar-refractivity contribution in [2.24, 2.45) is 0 Å². The summed E-state index contributed by atoms with van der Waals surface area (Å²) in [6, 6.07) is 8.50. The molecule has 0 radical (unpaired) electrons. The Morgan fingerprint density at radius 3 is 2.57 bits per heavy atom. The minimum atomic E-state index is -4.76. The van der Waals surface area contributed by atoms with Gasteiger partial charge in [0.2, 0.25) is 0 Å². The smallest absolute Gasteiger partial charge is 0.406 e. The zero-order valence-electron chi connectivity index (χ0n) is 11.5. The van der Waals surface area contributed by atoms with Crippen LogP contribution in [0.25, 0.3) is 10.9 Å². The van der Waals surface area contributed by atoms with E-state index in [1.54, 1.807) is 12.1 Å². The molecule has 3 aromatic rings. The predicted molar refractivity (Wildman–Crippen MR) is 77.2 cm³/mol. The molecule has 8 heteroatoms. The van der Waals surface area contributed by atoms with Gasteiger partial charge in [-0.05, 0) is 36.4 Å². The number of H-pyrrole nitrogens is 1. The summed E-state index contributed by atoms with van der Waals surface area (Å²) < 4.78 is 40.5. The number of ether oxygens (including phenoxy) is 1. The molecule has 0 unspecified atom stereocenters. The van der Waals surface area contributed by atoms with Gasteiger partial charge in [0.1, 0.15) is 11.4 Å². The fourth-order valence-corrected chi connectivity index (χ4v) is 2.06. The Morgan fingerprint density at radius 2 is 1.87 bits per heavy atom. The summed E-state index contributed by atoms with van der Waals surface area (Å²) in [6.45, 7) is 0. The number of carbonyl (C=O) groups excluding carboxylic acids is 1. The largest absolute Gasteiger partial charge is 0.573 e. The first-order valence-corrected chi connectivity index (χ1v) is 6.51. The molecular formula is C15H10F3N3O2. The molecule has 0 fully saturated rings. The number of nitrogens with zero attached hydrogens (tertiary/aromatic N) is 1. The number of carbonyl (C=O) groups is 1. The van der Waals surface area contributed by atoms with E-state index < -0.39 is 12.3 Å². The van der Waals surface area contributed by atoms with Crippen LogP contribution < -0.4 is 10.1 Å². The first-order valence-electron chi connectivity index (χ1n) is 6.51. The summed E-state index contributed by atoms with van der Waals surface area (Å²) in [5.41, 5.74) is 1.31. The number of benzene rings is 1. The molecule has 3 rings (SSSR count). The summed E-state index contributed by atoms with van der Waals surface area (Å²) in [5, 5.41) is 3.09. The fourth-order valence-electron chi connectivity index (χ4n) is 2.06. The summed E-state index contributed by atoms with van der Waals surface area (Å²) >= 11 is 0. The molecule has 0 spiro atoms. The highest BCUT2D eigenvalue weighted by atomic mass is 19.4. The van der Waals surface area contributed by atoms with Gasteiger partial charge in [0, 0.05) is 29.0 Å². The van der Waals surface area contributed by atoms with E-state index in [0.717, 1.165) is 0 Å². The van der Waals surface area contributed by atoms with Crippen molar-refractivity contribution in [3.05, 3.63) is 54.5 Å². The number of nitrogens with one attached hydrogen (secondary N) is 2. The number of rotatable bonds is 3. The normalized spacial score (nSPS) is 11.4. The van der Waals surface area contributed by atoms with Gasteiger partial charge in [0.25, 0.3) is 5.91 Å². The molecule has 0 saturated heterocycles. The highest BCUT2D eigenvalue weighted by Crippen LogP contribution is 2.27. The van der Waals surface area contributed by atoms with Crippen molar-refractivity contribution in [3.8, 4) is 5.75 Å². The first kappa shape index (κ1) is 14.9. The highest BCUT2D eigenvalue weighted by molar-refractivity contribution is 6.06. The lowest BCUT2D eigenvalue weighted by molar-refractivity contribution is -0.274. The molecule has 0 bridgehead atoms. The molecule has 118 valence electrons. The van der Waals surface area contributed by atoms with E-state index in [9.17, 15) is 18.0 Å². The van der Waals surface area contributed by atoms with Gasteiger partial charge in [0.15, 0.2) is 0 Å². The van der Waals surface area contributed by atoms with E-state index in [-0.39, 0.29) is 11.4 Å². The summed E-state index contributed by atoms with van der Waals surface area (Å²) in [5.74, 6) is -0.754. The Balaban J connectivity index is 1.83. The van der Waals surface area contributed by atoms with Crippen molar-refractivity contribution >= 4 is 22.5 Å². The zero-order chi connectivity index (χ0) is 16.4. The van der Waals surface area contributed by atoms with Crippen LogP contribution in [-0.2, 0) is 0 Å². The molecule has 1 amide bonds. The van der Waals surface area contributed by atoms with Crippen LogP contribution in [0.4, 0.5) is 18.9 Å². The number of amides is 1. The van der Waals surface area contributed by atoms with Crippen molar-refractivity contribution in [3.63, 3.8) is 0 Å². The van der Waals surface area contributed by atoms with Crippen molar-refractivity contribution in [1.82, 2.24) is 9.97 Å². The zero-order valence-corrected chi connectivity index (χ0v) is 11.5. The van der Waals surface area contributed by atoms with Gasteiger partial charge in [-0.1, -0.05) is 0 Å². The first-order chi connectivity index (χ1) is 10.9. The topological polar surface area (TPSA) is 67.0 Å². The number of anilines is 1. The molecule has 23 heavy (non-hydrogen) atoms. The molecular weight excluding hydrogens is 311 g/mol. The number of hydrogen-bond acceptors (Lipinski definition) is 3. The monoisotopic (exact) mass is 321 g/mol. The van der Waals surface area contributed by atoms with Crippen molar-refractivity contribution in [2.75, 3.05) is 5.32 Å². The molecule has 0 aliphatic carbocycles. The Bertz CT molecular complexity index is 844. The Kier molecular flexibility index (Phi) is 3.65. The van der Waals surface area contributed by atoms with Crippen molar-refractivity contribution in [1.29, 1.82) is 0 Å². The number of alkyl halides is 3. The predicted octanol–water partition coefficient (Wildman–Crippen LogP) is 3.71. The van der Waals surface area contributed by atoms with Gasteiger partial charge >= 0.3 is 6.36 Å². The molecule has 5 nitrogen and oxygen atoms in total. The van der Waals surface area contributed by atoms with Gasteiger partial charge in [-0.2, -0.15) is 0 Å². The lowest BCUT2D eigenvalue weighted by Crippen LogP contribution is -2.16. The van der Waals surface area contributed by atoms with Crippen LogP contribution in [0.5, 0.6) is 5.75 Å². The molecule has 0 aliphatic heterocycles. The van der Waals surface area contributed by atoms with Crippen LogP contribution >= 0.6 is 0 Å². The van der Waals surface area contributed by atoms with Crippen LogP contribution in [0.2, 0.25) is 0 Å². The average Bonchev–Trinajstić information content (AvgIpc) is 2.90. The average molecular weight is 321 g/mol. The maximum atomic E-state index is 12.2. The lowest BCUT2D eigenvalue weighted by atomic mass is 10.2. The third-order valence-corrected chi connectivity index (χ3v) is 3.01. The van der Waals surface area contributed by atoms with E-state index in [4.69, 9.17) is 0 Å². The molecule has 2 N–H and O–H groups in total. The second-order valence-corrected chi connectivity index (χ2v) is 4.67. The molecule has 0 aliphatic rings. The molecule has 0 atom stereocenters. The quantitative estimate of drug-likeness (QED) is 0.773. The number of halogens is 3. The number of hydrogen-bond donors (Lipinski definition) is 2. The van der Waals surface area contributed by atoms with Crippen LogP contribution in [0.3, 0.4) is 0 Å². The Morgan fingerprint density at radius 1 is 1.13 bits per heavy atom. The van der Waals surface area contributed by atoms with Crippen molar-refractivity contribution < 1.29 is 22.7 Å². The van der Waals surface area contributed by atoms with E-state index in [1.807, 2.05) is 0 Å². The lowest BCUT2D eigenvalue weighted by Gasteiger charge is -2.08. The van der Waals surface area contributed by atoms with E-state index >= 15 is 0 Å².